The zero-order valence-corrected chi connectivity index (χ0v) is 10.6. The van der Waals surface area contributed by atoms with Gasteiger partial charge >= 0.3 is 0 Å². The zero-order valence-electron chi connectivity index (χ0n) is 10.6. The van der Waals surface area contributed by atoms with E-state index >= 15 is 0 Å². The molecule has 0 saturated carbocycles. The second kappa shape index (κ2) is 5.17. The minimum atomic E-state index is -0.637. The molecule has 0 aromatic carbocycles. The van der Waals surface area contributed by atoms with Gasteiger partial charge < -0.3 is 11.1 Å². The molecule has 1 aliphatic rings. The van der Waals surface area contributed by atoms with E-state index in [1.54, 1.807) is 19.2 Å². The molecule has 4 heteroatoms. The van der Waals surface area contributed by atoms with Gasteiger partial charge in [-0.3, -0.25) is 9.59 Å². The van der Waals surface area contributed by atoms with E-state index in [0.717, 1.165) is 0 Å². The molecule has 0 radical (unpaired) electrons. The van der Waals surface area contributed by atoms with Crippen molar-refractivity contribution in [1.29, 1.82) is 0 Å². The van der Waals surface area contributed by atoms with Crippen LogP contribution in [0.3, 0.4) is 0 Å². The van der Waals surface area contributed by atoms with Crippen LogP contribution in [0, 0.1) is 11.3 Å². The first-order valence-corrected chi connectivity index (χ1v) is 5.81. The van der Waals surface area contributed by atoms with Crippen LogP contribution in [0.4, 0.5) is 0 Å². The zero-order chi connectivity index (χ0) is 13.1. The molecule has 0 bridgehead atoms. The molecule has 0 spiro atoms. The smallest absolute Gasteiger partial charge is 0.244 e. The average molecular weight is 236 g/mol. The first kappa shape index (κ1) is 13.5. The largest absolute Gasteiger partial charge is 0.366 e. The average Bonchev–Trinajstić information content (AvgIpc) is 2.27. The van der Waals surface area contributed by atoms with Crippen LogP contribution in [-0.4, -0.2) is 18.9 Å². The molecule has 0 fully saturated rings. The predicted molar refractivity (Wildman–Crippen MR) is 67.0 cm³/mol. The topological polar surface area (TPSA) is 72.2 Å². The van der Waals surface area contributed by atoms with Gasteiger partial charge in [-0.25, -0.2) is 0 Å². The molecule has 0 aromatic heterocycles. The third-order valence-corrected chi connectivity index (χ3v) is 2.99. The van der Waals surface area contributed by atoms with Gasteiger partial charge in [-0.15, -0.1) is 0 Å². The molecule has 0 aromatic rings. The Morgan fingerprint density at radius 3 is 2.65 bits per heavy atom. The molecule has 2 amide bonds. The summed E-state index contributed by atoms with van der Waals surface area (Å²) in [6.07, 6.45) is 6.40. The molecule has 0 aliphatic heterocycles. The van der Waals surface area contributed by atoms with E-state index in [1.807, 2.05) is 6.08 Å². The molecule has 3 N–H and O–H groups in total. The number of amides is 2. The van der Waals surface area contributed by atoms with Gasteiger partial charge in [-0.1, -0.05) is 32.1 Å². The molecule has 4 nitrogen and oxygen atoms in total. The van der Waals surface area contributed by atoms with E-state index in [9.17, 15) is 9.59 Å². The molecular weight excluding hydrogens is 216 g/mol. The van der Waals surface area contributed by atoms with Crippen molar-refractivity contribution < 1.29 is 9.59 Å². The minimum Gasteiger partial charge on any atom is -0.366 e. The SMILES string of the molecule is CNC(=O)C1(CC(C)C)C=CC=C(C(N)=O)C1. The normalized spacial score (nSPS) is 23.4. The van der Waals surface area contributed by atoms with Crippen LogP contribution in [0.5, 0.6) is 0 Å². The van der Waals surface area contributed by atoms with E-state index in [1.165, 1.54) is 0 Å². The van der Waals surface area contributed by atoms with Gasteiger partial charge in [0.05, 0.1) is 5.41 Å². The summed E-state index contributed by atoms with van der Waals surface area (Å²) in [6.45, 7) is 4.11. The maximum atomic E-state index is 12.1. The summed E-state index contributed by atoms with van der Waals surface area (Å²) in [5.41, 5.74) is 5.16. The highest BCUT2D eigenvalue weighted by molar-refractivity contribution is 5.95. The van der Waals surface area contributed by atoms with Crippen molar-refractivity contribution in [3.05, 3.63) is 23.8 Å². The molecule has 94 valence electrons. The Balaban J connectivity index is 3.03. The second-order valence-corrected chi connectivity index (χ2v) is 4.93. The van der Waals surface area contributed by atoms with Crippen molar-refractivity contribution in [3.8, 4) is 0 Å². The predicted octanol–water partition coefficient (Wildman–Crippen LogP) is 1.14. The third kappa shape index (κ3) is 2.96. The van der Waals surface area contributed by atoms with Crippen LogP contribution in [0.2, 0.25) is 0 Å². The fourth-order valence-electron chi connectivity index (χ4n) is 2.34. The Hall–Kier alpha value is -1.58. The lowest BCUT2D eigenvalue weighted by atomic mass is 9.72. The van der Waals surface area contributed by atoms with Crippen LogP contribution in [0.15, 0.2) is 23.8 Å². The quantitative estimate of drug-likeness (QED) is 0.768. The Morgan fingerprint density at radius 1 is 1.53 bits per heavy atom. The summed E-state index contributed by atoms with van der Waals surface area (Å²) < 4.78 is 0. The van der Waals surface area contributed by atoms with Gasteiger partial charge in [0.25, 0.3) is 0 Å². The first-order valence-electron chi connectivity index (χ1n) is 5.81. The van der Waals surface area contributed by atoms with Gasteiger partial charge in [0, 0.05) is 12.6 Å². The highest BCUT2D eigenvalue weighted by atomic mass is 16.2. The fraction of sp³-hybridized carbons (Fsp3) is 0.538. The molecule has 17 heavy (non-hydrogen) atoms. The van der Waals surface area contributed by atoms with Gasteiger partial charge in [0.15, 0.2) is 0 Å². The maximum Gasteiger partial charge on any atom is 0.244 e. The summed E-state index contributed by atoms with van der Waals surface area (Å²) in [7, 11) is 1.61. The standard InChI is InChI=1S/C13H20N2O2/c1-9(2)7-13(12(17)15-3)6-4-5-10(8-13)11(14)16/h4-6,9H,7-8H2,1-3H3,(H2,14,16)(H,15,17). The van der Waals surface area contributed by atoms with Gasteiger partial charge in [0.1, 0.15) is 0 Å². The molecule has 1 unspecified atom stereocenters. The van der Waals surface area contributed by atoms with Crippen molar-refractivity contribution in [2.75, 3.05) is 7.05 Å². The van der Waals surface area contributed by atoms with E-state index in [0.29, 0.717) is 24.3 Å². The van der Waals surface area contributed by atoms with Gasteiger partial charge in [-0.05, 0) is 18.8 Å². The van der Waals surface area contributed by atoms with Crippen LogP contribution in [0.25, 0.3) is 0 Å². The van der Waals surface area contributed by atoms with Gasteiger partial charge in [0.2, 0.25) is 11.8 Å². The number of hydrogen-bond acceptors (Lipinski definition) is 2. The van der Waals surface area contributed by atoms with Crippen LogP contribution >= 0.6 is 0 Å². The maximum absolute atomic E-state index is 12.1. The Labute approximate surface area is 102 Å². The van der Waals surface area contributed by atoms with E-state index in [-0.39, 0.29) is 5.91 Å². The summed E-state index contributed by atoms with van der Waals surface area (Å²) in [5, 5.41) is 2.67. The van der Waals surface area contributed by atoms with Crippen LogP contribution in [0.1, 0.15) is 26.7 Å². The number of nitrogens with two attached hydrogens (primary N) is 1. The lowest BCUT2D eigenvalue weighted by molar-refractivity contribution is -0.129. The number of carbonyl (C=O) groups is 2. The Morgan fingerprint density at radius 2 is 2.18 bits per heavy atom. The van der Waals surface area contributed by atoms with Crippen LogP contribution < -0.4 is 11.1 Å². The minimum absolute atomic E-state index is 0.0608. The number of primary amides is 1. The van der Waals surface area contributed by atoms with Crippen molar-refractivity contribution in [1.82, 2.24) is 5.32 Å². The fourth-order valence-corrected chi connectivity index (χ4v) is 2.34. The molecule has 0 heterocycles. The third-order valence-electron chi connectivity index (χ3n) is 2.99. The van der Waals surface area contributed by atoms with Gasteiger partial charge in [-0.2, -0.15) is 0 Å². The molecule has 1 rings (SSSR count). The molecule has 1 aliphatic carbocycles. The number of nitrogens with one attached hydrogen (secondary N) is 1. The second-order valence-electron chi connectivity index (χ2n) is 4.93. The highest BCUT2D eigenvalue weighted by Crippen LogP contribution is 2.37. The number of rotatable bonds is 4. The number of hydrogen-bond donors (Lipinski definition) is 2. The van der Waals surface area contributed by atoms with E-state index in [2.05, 4.69) is 19.2 Å². The van der Waals surface area contributed by atoms with Crippen molar-refractivity contribution >= 4 is 11.8 Å². The monoisotopic (exact) mass is 236 g/mol. The molecular formula is C13H20N2O2. The molecule has 1 atom stereocenters. The lowest BCUT2D eigenvalue weighted by Crippen LogP contribution is -2.41. The number of allylic oxidation sites excluding steroid dienone is 2. The molecule has 0 saturated heterocycles. The van der Waals surface area contributed by atoms with E-state index < -0.39 is 11.3 Å². The van der Waals surface area contributed by atoms with Crippen molar-refractivity contribution in [2.45, 2.75) is 26.7 Å². The summed E-state index contributed by atoms with van der Waals surface area (Å²) in [5.74, 6) is -0.148. The first-order chi connectivity index (χ1) is 7.91. The van der Waals surface area contributed by atoms with Crippen LogP contribution in [-0.2, 0) is 9.59 Å². The Bertz CT molecular complexity index is 383. The van der Waals surface area contributed by atoms with Crippen molar-refractivity contribution in [2.24, 2.45) is 17.1 Å². The van der Waals surface area contributed by atoms with Crippen molar-refractivity contribution in [3.63, 3.8) is 0 Å². The summed E-state index contributed by atoms with van der Waals surface area (Å²) in [4.78, 5) is 23.3. The highest BCUT2D eigenvalue weighted by Gasteiger charge is 2.38. The number of carbonyl (C=O) groups excluding carboxylic acids is 2. The summed E-state index contributed by atoms with van der Waals surface area (Å²) in [6, 6.07) is 0. The Kier molecular flexibility index (Phi) is 4.10. The summed E-state index contributed by atoms with van der Waals surface area (Å²) >= 11 is 0. The van der Waals surface area contributed by atoms with E-state index in [4.69, 9.17) is 5.73 Å². The lowest BCUT2D eigenvalue weighted by Gasteiger charge is -2.32.